The number of hydrogen-bond donors (Lipinski definition) is 0. The molecule has 0 N–H and O–H groups in total. The molecule has 0 aromatic heterocycles. The standard InChI is InChI=1S/C27H32FN3O2/c1-18-5-10-23(19(2)17-18)24-25(30(4)22-12-14-29(3)15-13-22)27(33)31(26(24)32)16-11-20-6-8-21(28)9-7-20/h5-10,17,22H,11-16H2,1-4H3. The van der Waals surface area contributed by atoms with Crippen molar-refractivity contribution in [3.05, 3.63) is 76.2 Å². The van der Waals surface area contributed by atoms with Crippen molar-refractivity contribution in [2.24, 2.45) is 0 Å². The number of imide groups is 1. The number of amides is 2. The van der Waals surface area contributed by atoms with Crippen LogP contribution in [0.2, 0.25) is 0 Å². The second kappa shape index (κ2) is 9.48. The fourth-order valence-corrected chi connectivity index (χ4v) is 4.89. The molecule has 1 fully saturated rings. The Morgan fingerprint density at radius 1 is 1.00 bits per heavy atom. The van der Waals surface area contributed by atoms with E-state index in [-0.39, 0.29) is 30.2 Å². The molecule has 5 nitrogen and oxygen atoms in total. The van der Waals surface area contributed by atoms with Crippen LogP contribution in [0.25, 0.3) is 5.57 Å². The van der Waals surface area contributed by atoms with Crippen LogP contribution in [-0.4, -0.2) is 66.3 Å². The number of benzene rings is 2. The maximum Gasteiger partial charge on any atom is 0.277 e. The quantitative estimate of drug-likeness (QED) is 0.630. The van der Waals surface area contributed by atoms with E-state index in [2.05, 4.69) is 18.0 Å². The zero-order chi connectivity index (χ0) is 23.7. The smallest absolute Gasteiger partial charge is 0.277 e. The van der Waals surface area contributed by atoms with Crippen LogP contribution < -0.4 is 0 Å². The summed E-state index contributed by atoms with van der Waals surface area (Å²) < 4.78 is 13.3. The molecule has 2 aliphatic rings. The molecule has 2 aromatic carbocycles. The van der Waals surface area contributed by atoms with Gasteiger partial charge in [0.25, 0.3) is 11.8 Å². The molecule has 174 valence electrons. The fraction of sp³-hybridized carbons (Fsp3) is 0.407. The molecule has 0 atom stereocenters. The van der Waals surface area contributed by atoms with Crippen molar-refractivity contribution in [3.63, 3.8) is 0 Å². The lowest BCUT2D eigenvalue weighted by Crippen LogP contribution is -2.43. The second-order valence-corrected chi connectivity index (χ2v) is 9.33. The fourth-order valence-electron chi connectivity index (χ4n) is 4.89. The summed E-state index contributed by atoms with van der Waals surface area (Å²) in [6, 6.07) is 12.4. The Hall–Kier alpha value is -2.99. The van der Waals surface area contributed by atoms with Crippen molar-refractivity contribution in [3.8, 4) is 0 Å². The summed E-state index contributed by atoms with van der Waals surface area (Å²) in [5.74, 6) is -0.782. The molecule has 4 rings (SSSR count). The summed E-state index contributed by atoms with van der Waals surface area (Å²) in [6.45, 7) is 6.21. The number of hydrogen-bond acceptors (Lipinski definition) is 4. The van der Waals surface area contributed by atoms with Crippen LogP contribution in [0.5, 0.6) is 0 Å². The lowest BCUT2D eigenvalue weighted by atomic mass is 9.96. The van der Waals surface area contributed by atoms with Gasteiger partial charge in [-0.25, -0.2) is 4.39 Å². The molecule has 0 aliphatic carbocycles. The number of rotatable bonds is 6. The molecule has 33 heavy (non-hydrogen) atoms. The number of aryl methyl sites for hydroxylation is 2. The first kappa shape index (κ1) is 23.2. The molecule has 0 unspecified atom stereocenters. The van der Waals surface area contributed by atoms with E-state index < -0.39 is 0 Å². The molecule has 2 aliphatic heterocycles. The number of piperidine rings is 1. The van der Waals surface area contributed by atoms with E-state index in [0.717, 1.165) is 48.2 Å². The summed E-state index contributed by atoms with van der Waals surface area (Å²) in [4.78, 5) is 33.0. The highest BCUT2D eigenvalue weighted by Crippen LogP contribution is 2.35. The van der Waals surface area contributed by atoms with Gasteiger partial charge in [0, 0.05) is 19.6 Å². The highest BCUT2D eigenvalue weighted by Gasteiger charge is 2.42. The summed E-state index contributed by atoms with van der Waals surface area (Å²) in [5, 5.41) is 0. The minimum absolute atomic E-state index is 0.214. The maximum atomic E-state index is 13.6. The van der Waals surface area contributed by atoms with Gasteiger partial charge in [0.2, 0.25) is 0 Å². The molecule has 1 saturated heterocycles. The summed E-state index contributed by atoms with van der Waals surface area (Å²) in [6.07, 6.45) is 2.39. The van der Waals surface area contributed by atoms with E-state index in [9.17, 15) is 14.0 Å². The monoisotopic (exact) mass is 449 g/mol. The molecule has 2 heterocycles. The lowest BCUT2D eigenvalue weighted by molar-refractivity contribution is -0.137. The first-order chi connectivity index (χ1) is 15.8. The number of nitrogens with zero attached hydrogens (tertiary/aromatic N) is 3. The van der Waals surface area contributed by atoms with Gasteiger partial charge in [0.15, 0.2) is 0 Å². The molecular formula is C27H32FN3O2. The molecule has 0 spiro atoms. The largest absolute Gasteiger partial charge is 0.366 e. The molecular weight excluding hydrogens is 417 g/mol. The van der Waals surface area contributed by atoms with E-state index in [4.69, 9.17) is 0 Å². The van der Waals surface area contributed by atoms with Crippen molar-refractivity contribution in [1.29, 1.82) is 0 Å². The van der Waals surface area contributed by atoms with Crippen molar-refractivity contribution in [2.45, 2.75) is 39.2 Å². The van der Waals surface area contributed by atoms with Gasteiger partial charge in [0.1, 0.15) is 11.5 Å². The topological polar surface area (TPSA) is 43.9 Å². The third-order valence-corrected chi connectivity index (χ3v) is 6.92. The summed E-state index contributed by atoms with van der Waals surface area (Å²) >= 11 is 0. The Morgan fingerprint density at radius 2 is 1.67 bits per heavy atom. The van der Waals surface area contributed by atoms with Crippen LogP contribution in [0.3, 0.4) is 0 Å². The first-order valence-corrected chi connectivity index (χ1v) is 11.6. The Morgan fingerprint density at radius 3 is 2.30 bits per heavy atom. The normalized spacial score (nSPS) is 17.9. The molecule has 0 radical (unpaired) electrons. The van der Waals surface area contributed by atoms with E-state index in [1.54, 1.807) is 12.1 Å². The number of likely N-dealkylation sites (N-methyl/N-ethyl adjacent to an activating group) is 1. The molecule has 2 aromatic rings. The van der Waals surface area contributed by atoms with Gasteiger partial charge in [0.05, 0.1) is 5.57 Å². The highest BCUT2D eigenvalue weighted by molar-refractivity contribution is 6.35. The molecule has 6 heteroatoms. The highest BCUT2D eigenvalue weighted by atomic mass is 19.1. The van der Waals surface area contributed by atoms with Crippen LogP contribution >= 0.6 is 0 Å². The third kappa shape index (κ3) is 4.71. The Labute approximate surface area is 195 Å². The number of halogens is 1. The van der Waals surface area contributed by atoms with Gasteiger partial charge < -0.3 is 9.80 Å². The molecule has 0 bridgehead atoms. The van der Waals surface area contributed by atoms with Gasteiger partial charge in [-0.1, -0.05) is 35.9 Å². The van der Waals surface area contributed by atoms with Crippen LogP contribution in [0.15, 0.2) is 48.2 Å². The van der Waals surface area contributed by atoms with Crippen molar-refractivity contribution in [2.75, 3.05) is 33.7 Å². The number of likely N-dealkylation sites (tertiary alicyclic amines) is 1. The van der Waals surface area contributed by atoms with Gasteiger partial charge in [-0.2, -0.15) is 0 Å². The van der Waals surface area contributed by atoms with Gasteiger partial charge in [-0.05, 0) is 82.1 Å². The predicted octanol–water partition coefficient (Wildman–Crippen LogP) is 3.79. The Bertz CT molecular complexity index is 1090. The van der Waals surface area contributed by atoms with Gasteiger partial charge in [-0.15, -0.1) is 0 Å². The average molecular weight is 450 g/mol. The minimum atomic E-state index is -0.298. The van der Waals surface area contributed by atoms with Crippen LogP contribution in [0.4, 0.5) is 4.39 Å². The lowest BCUT2D eigenvalue weighted by Gasteiger charge is -2.36. The van der Waals surface area contributed by atoms with Crippen LogP contribution in [0, 0.1) is 19.7 Å². The summed E-state index contributed by atoms with van der Waals surface area (Å²) in [7, 11) is 4.06. The van der Waals surface area contributed by atoms with E-state index >= 15 is 0 Å². The Balaban J connectivity index is 1.67. The average Bonchev–Trinajstić information content (AvgIpc) is 3.03. The van der Waals surface area contributed by atoms with Crippen LogP contribution in [0.1, 0.15) is 35.1 Å². The predicted molar refractivity (Wildman–Crippen MR) is 128 cm³/mol. The third-order valence-electron chi connectivity index (χ3n) is 6.92. The summed E-state index contributed by atoms with van der Waals surface area (Å²) in [5.41, 5.74) is 4.81. The minimum Gasteiger partial charge on any atom is -0.366 e. The van der Waals surface area contributed by atoms with E-state index in [0.29, 0.717) is 17.7 Å². The second-order valence-electron chi connectivity index (χ2n) is 9.33. The maximum absolute atomic E-state index is 13.6. The van der Waals surface area contributed by atoms with Crippen molar-refractivity contribution in [1.82, 2.24) is 14.7 Å². The van der Waals surface area contributed by atoms with Crippen molar-refractivity contribution >= 4 is 17.4 Å². The molecule has 0 saturated carbocycles. The van der Waals surface area contributed by atoms with Gasteiger partial charge >= 0.3 is 0 Å². The zero-order valence-electron chi connectivity index (χ0n) is 19.9. The van der Waals surface area contributed by atoms with Crippen LogP contribution in [-0.2, 0) is 16.0 Å². The molecule has 2 amide bonds. The van der Waals surface area contributed by atoms with E-state index in [1.807, 2.05) is 37.9 Å². The first-order valence-electron chi connectivity index (χ1n) is 11.6. The van der Waals surface area contributed by atoms with E-state index in [1.165, 1.54) is 17.0 Å². The zero-order valence-corrected chi connectivity index (χ0v) is 19.9. The van der Waals surface area contributed by atoms with Gasteiger partial charge in [-0.3, -0.25) is 14.5 Å². The SMILES string of the molecule is Cc1ccc(C2=C(N(C)C3CCN(C)CC3)C(=O)N(CCc3ccc(F)cc3)C2=O)c(C)c1. The number of carbonyl (C=O) groups excluding carboxylic acids is 2. The Kier molecular flexibility index (Phi) is 6.66. The van der Waals surface area contributed by atoms with Crippen molar-refractivity contribution < 1.29 is 14.0 Å². The number of carbonyl (C=O) groups is 2.